The minimum Gasteiger partial charge on any atom is -0.385 e. The number of nitrogens with one attached hydrogen (secondary N) is 1. The second-order valence-electron chi connectivity index (χ2n) is 4.56. The van der Waals surface area contributed by atoms with Gasteiger partial charge in [-0.3, -0.25) is 9.48 Å². The molecule has 1 N–H and O–H groups in total. The molecule has 0 spiro atoms. The average molecular weight is 261 g/mol. The SMILES string of the molecule is COCCCNC(=O)Cn1ncc2ccc(C)cc21. The highest BCUT2D eigenvalue weighted by molar-refractivity contribution is 5.82. The van der Waals surface area contributed by atoms with Crippen LogP contribution in [0.15, 0.2) is 24.4 Å². The smallest absolute Gasteiger partial charge is 0.241 e. The van der Waals surface area contributed by atoms with Gasteiger partial charge in [-0.2, -0.15) is 5.10 Å². The average Bonchev–Trinajstić information content (AvgIpc) is 2.77. The van der Waals surface area contributed by atoms with Crippen molar-refractivity contribution >= 4 is 16.8 Å². The Kier molecular flexibility index (Phi) is 4.52. The number of hydrogen-bond acceptors (Lipinski definition) is 3. The van der Waals surface area contributed by atoms with Gasteiger partial charge in [0.15, 0.2) is 0 Å². The third kappa shape index (κ3) is 3.54. The fraction of sp³-hybridized carbons (Fsp3) is 0.429. The Labute approximate surface area is 112 Å². The van der Waals surface area contributed by atoms with E-state index in [0.717, 1.165) is 22.9 Å². The summed E-state index contributed by atoms with van der Waals surface area (Å²) in [6, 6.07) is 6.10. The highest BCUT2D eigenvalue weighted by atomic mass is 16.5. The van der Waals surface area contributed by atoms with Crippen LogP contribution in [0, 0.1) is 6.92 Å². The van der Waals surface area contributed by atoms with Crippen LogP contribution >= 0.6 is 0 Å². The van der Waals surface area contributed by atoms with Gasteiger partial charge in [0, 0.05) is 25.6 Å². The zero-order chi connectivity index (χ0) is 13.7. The summed E-state index contributed by atoms with van der Waals surface area (Å²) in [5.74, 6) is -0.0254. The lowest BCUT2D eigenvalue weighted by Gasteiger charge is -2.06. The molecule has 0 atom stereocenters. The largest absolute Gasteiger partial charge is 0.385 e. The molecule has 0 unspecified atom stereocenters. The van der Waals surface area contributed by atoms with Crippen LogP contribution in [0.3, 0.4) is 0 Å². The molecule has 0 aliphatic carbocycles. The molecule has 0 aliphatic rings. The van der Waals surface area contributed by atoms with Gasteiger partial charge in [-0.15, -0.1) is 0 Å². The molecule has 5 nitrogen and oxygen atoms in total. The Bertz CT molecular complexity index is 563. The summed E-state index contributed by atoms with van der Waals surface area (Å²) in [6.07, 6.45) is 2.61. The molecule has 0 bridgehead atoms. The van der Waals surface area contributed by atoms with Crippen molar-refractivity contribution < 1.29 is 9.53 Å². The molecule has 102 valence electrons. The number of ether oxygens (including phenoxy) is 1. The van der Waals surface area contributed by atoms with Gasteiger partial charge in [0.25, 0.3) is 0 Å². The van der Waals surface area contributed by atoms with E-state index in [2.05, 4.69) is 10.4 Å². The summed E-state index contributed by atoms with van der Waals surface area (Å²) in [5.41, 5.74) is 2.15. The van der Waals surface area contributed by atoms with Gasteiger partial charge in [0.05, 0.1) is 11.7 Å². The first kappa shape index (κ1) is 13.5. The van der Waals surface area contributed by atoms with Crippen molar-refractivity contribution in [3.05, 3.63) is 30.0 Å². The highest BCUT2D eigenvalue weighted by Gasteiger charge is 2.07. The van der Waals surface area contributed by atoms with Gasteiger partial charge in [-0.05, 0) is 25.0 Å². The van der Waals surface area contributed by atoms with Crippen molar-refractivity contribution in [1.29, 1.82) is 0 Å². The molecule has 5 heteroatoms. The highest BCUT2D eigenvalue weighted by Crippen LogP contribution is 2.15. The number of benzene rings is 1. The molecule has 1 heterocycles. The van der Waals surface area contributed by atoms with Gasteiger partial charge >= 0.3 is 0 Å². The van der Waals surface area contributed by atoms with Crippen molar-refractivity contribution in [2.75, 3.05) is 20.3 Å². The van der Waals surface area contributed by atoms with E-state index in [0.29, 0.717) is 13.2 Å². The Morgan fingerprint density at radius 2 is 2.32 bits per heavy atom. The maximum Gasteiger partial charge on any atom is 0.241 e. The molecule has 2 rings (SSSR count). The van der Waals surface area contributed by atoms with E-state index in [4.69, 9.17) is 4.74 Å². The van der Waals surface area contributed by atoms with E-state index in [9.17, 15) is 4.79 Å². The summed E-state index contributed by atoms with van der Waals surface area (Å²) in [6.45, 7) is 3.57. The standard InChI is InChI=1S/C14H19N3O2/c1-11-4-5-12-9-16-17(13(12)8-11)10-14(18)15-6-3-7-19-2/h4-5,8-9H,3,6-7,10H2,1-2H3,(H,15,18). The number of fused-ring (bicyclic) bond motifs is 1. The second-order valence-corrected chi connectivity index (χ2v) is 4.56. The molecule has 0 fully saturated rings. The lowest BCUT2D eigenvalue weighted by molar-refractivity contribution is -0.121. The molecule has 1 amide bonds. The maximum absolute atomic E-state index is 11.8. The number of methoxy groups -OCH3 is 1. The monoisotopic (exact) mass is 261 g/mol. The van der Waals surface area contributed by atoms with E-state index in [-0.39, 0.29) is 12.5 Å². The lowest BCUT2D eigenvalue weighted by Crippen LogP contribution is -2.29. The molecule has 0 saturated carbocycles. The fourth-order valence-corrected chi connectivity index (χ4v) is 1.94. The molecule has 1 aromatic carbocycles. The van der Waals surface area contributed by atoms with Crippen LogP contribution in [-0.4, -0.2) is 35.9 Å². The minimum atomic E-state index is -0.0254. The van der Waals surface area contributed by atoms with Crippen LogP contribution in [0.1, 0.15) is 12.0 Å². The van der Waals surface area contributed by atoms with Gasteiger partial charge in [-0.1, -0.05) is 12.1 Å². The molecule has 1 aromatic heterocycles. The van der Waals surface area contributed by atoms with Gasteiger partial charge in [-0.25, -0.2) is 0 Å². The molecular formula is C14H19N3O2. The Morgan fingerprint density at radius 3 is 3.11 bits per heavy atom. The first-order valence-corrected chi connectivity index (χ1v) is 6.38. The van der Waals surface area contributed by atoms with Crippen LogP contribution < -0.4 is 5.32 Å². The summed E-state index contributed by atoms with van der Waals surface area (Å²) in [7, 11) is 1.65. The van der Waals surface area contributed by atoms with Crippen LogP contribution in [0.4, 0.5) is 0 Å². The van der Waals surface area contributed by atoms with Crippen LogP contribution in [0.5, 0.6) is 0 Å². The van der Waals surface area contributed by atoms with E-state index in [1.807, 2.05) is 25.1 Å². The minimum absolute atomic E-state index is 0.0254. The molecule has 19 heavy (non-hydrogen) atoms. The number of nitrogens with zero attached hydrogens (tertiary/aromatic N) is 2. The van der Waals surface area contributed by atoms with Crippen LogP contribution in [0.25, 0.3) is 10.9 Å². The Morgan fingerprint density at radius 1 is 1.47 bits per heavy atom. The fourth-order valence-electron chi connectivity index (χ4n) is 1.94. The van der Waals surface area contributed by atoms with E-state index in [1.165, 1.54) is 0 Å². The molecule has 0 radical (unpaired) electrons. The summed E-state index contributed by atoms with van der Waals surface area (Å²) in [5, 5.41) is 8.16. The summed E-state index contributed by atoms with van der Waals surface area (Å²) in [4.78, 5) is 11.8. The lowest BCUT2D eigenvalue weighted by atomic mass is 10.2. The zero-order valence-corrected chi connectivity index (χ0v) is 11.3. The van der Waals surface area contributed by atoms with Crippen molar-refractivity contribution in [2.45, 2.75) is 19.9 Å². The first-order valence-electron chi connectivity index (χ1n) is 6.38. The normalized spacial score (nSPS) is 10.8. The van der Waals surface area contributed by atoms with Crippen LogP contribution in [0.2, 0.25) is 0 Å². The van der Waals surface area contributed by atoms with Gasteiger partial charge in [0.2, 0.25) is 5.91 Å². The molecule has 0 aliphatic heterocycles. The number of carbonyl (C=O) groups is 1. The summed E-state index contributed by atoms with van der Waals surface area (Å²) >= 11 is 0. The number of amides is 1. The van der Waals surface area contributed by atoms with Crippen molar-refractivity contribution in [1.82, 2.24) is 15.1 Å². The van der Waals surface area contributed by atoms with Crippen LogP contribution in [-0.2, 0) is 16.1 Å². The van der Waals surface area contributed by atoms with Crippen molar-refractivity contribution in [2.24, 2.45) is 0 Å². The summed E-state index contributed by atoms with van der Waals surface area (Å²) < 4.78 is 6.66. The topological polar surface area (TPSA) is 56.1 Å². The third-order valence-electron chi connectivity index (χ3n) is 2.94. The number of hydrogen-bond donors (Lipinski definition) is 1. The van der Waals surface area contributed by atoms with Gasteiger partial charge in [0.1, 0.15) is 6.54 Å². The molecular weight excluding hydrogens is 242 g/mol. The van der Waals surface area contributed by atoms with Crippen molar-refractivity contribution in [3.63, 3.8) is 0 Å². The number of rotatable bonds is 6. The maximum atomic E-state index is 11.8. The van der Waals surface area contributed by atoms with Crippen molar-refractivity contribution in [3.8, 4) is 0 Å². The Hall–Kier alpha value is -1.88. The number of aryl methyl sites for hydroxylation is 1. The molecule has 2 aromatic rings. The zero-order valence-electron chi connectivity index (χ0n) is 11.3. The van der Waals surface area contributed by atoms with E-state index < -0.39 is 0 Å². The number of aromatic nitrogens is 2. The van der Waals surface area contributed by atoms with E-state index >= 15 is 0 Å². The van der Waals surface area contributed by atoms with E-state index in [1.54, 1.807) is 18.0 Å². The second kappa shape index (κ2) is 6.33. The molecule has 0 saturated heterocycles. The number of carbonyl (C=O) groups excluding carboxylic acids is 1. The first-order chi connectivity index (χ1) is 9.20. The van der Waals surface area contributed by atoms with Gasteiger partial charge < -0.3 is 10.1 Å². The Balaban J connectivity index is 1.97. The quantitative estimate of drug-likeness (QED) is 0.802. The third-order valence-corrected chi connectivity index (χ3v) is 2.94. The predicted molar refractivity (Wildman–Crippen MR) is 74.0 cm³/mol. The predicted octanol–water partition coefficient (Wildman–Crippen LogP) is 1.50.